The molecule has 1 spiro atoms. The molecule has 0 saturated carbocycles. The van der Waals surface area contributed by atoms with Crippen molar-refractivity contribution in [3.63, 3.8) is 0 Å². The molecule has 1 aromatic heterocycles. The lowest BCUT2D eigenvalue weighted by Gasteiger charge is -2.39. The summed E-state index contributed by atoms with van der Waals surface area (Å²) in [5.41, 5.74) is 13.5. The molecule has 57 heavy (non-hydrogen) atoms. The van der Waals surface area contributed by atoms with Crippen LogP contribution in [-0.2, 0) is 5.41 Å². The summed E-state index contributed by atoms with van der Waals surface area (Å²) in [4.78, 5) is 10.5. The zero-order valence-corrected chi connectivity index (χ0v) is 30.7. The summed E-state index contributed by atoms with van der Waals surface area (Å²) in [6.45, 7) is 0. The van der Waals surface area contributed by atoms with Gasteiger partial charge in [-0.25, -0.2) is 9.98 Å². The first-order chi connectivity index (χ1) is 28.2. The van der Waals surface area contributed by atoms with E-state index >= 15 is 0 Å². The maximum Gasteiger partial charge on any atom is 0.159 e. The fourth-order valence-corrected chi connectivity index (χ4v) is 9.31. The fraction of sp³-hybridized carbons (Fsp3) is 0.0385. The number of hydrogen-bond donors (Lipinski definition) is 1. The second kappa shape index (κ2) is 12.3. The number of nitrogens with one attached hydrogen (secondary N) is 1. The lowest BCUT2D eigenvalue weighted by molar-refractivity contribution is 0.436. The highest BCUT2D eigenvalue weighted by atomic mass is 16.5. The van der Waals surface area contributed by atoms with Crippen LogP contribution in [0.15, 0.2) is 202 Å². The average molecular weight is 732 g/mol. The van der Waals surface area contributed by atoms with Crippen LogP contribution in [0, 0.1) is 0 Å². The summed E-state index contributed by atoms with van der Waals surface area (Å²) in [5.74, 6) is 3.12. The number of nitrogens with zero attached hydrogens (tertiary/aromatic N) is 2. The highest BCUT2D eigenvalue weighted by Gasteiger charge is 2.51. The molecule has 0 bridgehead atoms. The summed E-state index contributed by atoms with van der Waals surface area (Å²) in [6.07, 6.45) is -0.340. The van der Waals surface area contributed by atoms with E-state index in [4.69, 9.17) is 19.1 Å². The maximum absolute atomic E-state index is 6.72. The number of aliphatic imine (C=N–C) groups is 2. The molecule has 2 aliphatic heterocycles. The van der Waals surface area contributed by atoms with Gasteiger partial charge in [0, 0.05) is 38.6 Å². The highest BCUT2D eigenvalue weighted by Crippen LogP contribution is 2.62. The largest absolute Gasteiger partial charge is 0.457 e. The molecule has 0 saturated heterocycles. The number of amidine groups is 2. The Bertz CT molecular complexity index is 3090. The summed E-state index contributed by atoms with van der Waals surface area (Å²) < 4.78 is 13.1. The first kappa shape index (κ1) is 31.8. The van der Waals surface area contributed by atoms with Crippen molar-refractivity contribution in [1.29, 1.82) is 0 Å². The van der Waals surface area contributed by atoms with Gasteiger partial charge in [-0.1, -0.05) is 158 Å². The lowest BCUT2D eigenvalue weighted by atomic mass is 9.66. The van der Waals surface area contributed by atoms with Gasteiger partial charge in [0.25, 0.3) is 0 Å². The average Bonchev–Trinajstić information content (AvgIpc) is 3.81. The second-order valence-corrected chi connectivity index (χ2v) is 14.9. The summed E-state index contributed by atoms with van der Waals surface area (Å²) in [5, 5.41) is 5.94. The van der Waals surface area contributed by atoms with Crippen molar-refractivity contribution in [3.8, 4) is 33.8 Å². The molecule has 0 radical (unpaired) electrons. The van der Waals surface area contributed by atoms with Gasteiger partial charge >= 0.3 is 0 Å². The third kappa shape index (κ3) is 4.69. The van der Waals surface area contributed by atoms with Gasteiger partial charge in [0.2, 0.25) is 0 Å². The number of ether oxygens (including phenoxy) is 1. The molecular weight excluding hydrogens is 699 g/mol. The molecule has 1 atom stereocenters. The predicted molar refractivity (Wildman–Crippen MR) is 228 cm³/mol. The van der Waals surface area contributed by atoms with E-state index in [0.717, 1.165) is 78.2 Å². The normalized spacial score (nSPS) is 15.8. The standard InChI is InChI=1S/C52H33N3O2/c1-2-13-33(14-3-1)49-53-50(34-27-25-32(26-28-34)36-18-12-19-40-39-17-6-10-23-45(39)57-48(36)40)55-51(54-49)35-29-30-47-44(31-35)52(43-22-9-11-24-46(43)56-47)41-20-7-4-15-37(41)38-16-5-8-21-42(38)52/h1-31,49H,(H,53,54,55). The summed E-state index contributed by atoms with van der Waals surface area (Å²) in [7, 11) is 0. The van der Waals surface area contributed by atoms with E-state index in [2.05, 4.69) is 175 Å². The zero-order chi connectivity index (χ0) is 37.5. The number of rotatable bonds is 4. The van der Waals surface area contributed by atoms with Crippen LogP contribution < -0.4 is 10.1 Å². The van der Waals surface area contributed by atoms with Crippen molar-refractivity contribution in [2.24, 2.45) is 9.98 Å². The molecule has 1 unspecified atom stereocenters. The van der Waals surface area contributed by atoms with Crippen LogP contribution in [0.2, 0.25) is 0 Å². The number of fused-ring (bicyclic) bond motifs is 12. The molecule has 5 heteroatoms. The topological polar surface area (TPSA) is 59.1 Å². The van der Waals surface area contributed by atoms with Gasteiger partial charge in [-0.05, 0) is 63.7 Å². The quantitative estimate of drug-likeness (QED) is 0.196. The van der Waals surface area contributed by atoms with Crippen molar-refractivity contribution >= 4 is 33.6 Å². The van der Waals surface area contributed by atoms with Crippen LogP contribution in [0.5, 0.6) is 11.5 Å². The number of para-hydroxylation sites is 3. The SMILES string of the molecule is c1ccc(C2N=C(c3ccc(-c4cccc5c4oc4ccccc45)cc3)N=C(c3ccc4c(c3)C3(c5ccccc5O4)c4ccccc4-c4ccccc43)N2)cc1. The van der Waals surface area contributed by atoms with E-state index in [-0.39, 0.29) is 6.17 Å². The van der Waals surface area contributed by atoms with E-state index < -0.39 is 5.41 Å². The lowest BCUT2D eigenvalue weighted by Crippen LogP contribution is -2.35. The second-order valence-electron chi connectivity index (χ2n) is 14.9. The van der Waals surface area contributed by atoms with E-state index in [1.165, 1.54) is 22.3 Å². The molecule has 1 aliphatic carbocycles. The molecule has 1 N–H and O–H groups in total. The van der Waals surface area contributed by atoms with Crippen molar-refractivity contribution in [1.82, 2.24) is 5.32 Å². The monoisotopic (exact) mass is 731 g/mol. The molecule has 3 heterocycles. The van der Waals surface area contributed by atoms with Gasteiger partial charge < -0.3 is 14.5 Å². The zero-order valence-electron chi connectivity index (χ0n) is 30.7. The molecule has 3 aliphatic rings. The maximum atomic E-state index is 6.72. The van der Waals surface area contributed by atoms with Gasteiger partial charge in [0.15, 0.2) is 5.84 Å². The molecule has 8 aromatic carbocycles. The van der Waals surface area contributed by atoms with Gasteiger partial charge in [-0.2, -0.15) is 0 Å². The van der Waals surface area contributed by atoms with Crippen molar-refractivity contribution in [2.45, 2.75) is 11.6 Å². The van der Waals surface area contributed by atoms with Crippen molar-refractivity contribution < 1.29 is 9.15 Å². The molecule has 9 aromatic rings. The predicted octanol–water partition coefficient (Wildman–Crippen LogP) is 12.2. The Hall–Kier alpha value is -7.50. The molecule has 5 nitrogen and oxygen atoms in total. The number of furan rings is 1. The third-order valence-corrected chi connectivity index (χ3v) is 11.8. The minimum Gasteiger partial charge on any atom is -0.457 e. The van der Waals surface area contributed by atoms with E-state index in [9.17, 15) is 0 Å². The Morgan fingerprint density at radius 3 is 1.89 bits per heavy atom. The Morgan fingerprint density at radius 1 is 0.474 bits per heavy atom. The Labute approximate surface area is 329 Å². The minimum atomic E-state index is -0.573. The smallest absolute Gasteiger partial charge is 0.159 e. The van der Waals surface area contributed by atoms with Crippen LogP contribution in [0.25, 0.3) is 44.2 Å². The molecule has 0 fully saturated rings. The Kier molecular flexibility index (Phi) is 6.84. The Morgan fingerprint density at radius 2 is 1.09 bits per heavy atom. The molecular formula is C52H33N3O2. The third-order valence-electron chi connectivity index (χ3n) is 11.8. The minimum absolute atomic E-state index is 0.340. The van der Waals surface area contributed by atoms with E-state index in [1.54, 1.807) is 0 Å². The van der Waals surface area contributed by atoms with Gasteiger partial charge in [0.05, 0.1) is 5.41 Å². The van der Waals surface area contributed by atoms with Crippen LogP contribution in [0.1, 0.15) is 45.1 Å². The molecule has 12 rings (SSSR count). The molecule has 0 amide bonds. The number of benzene rings is 8. The van der Waals surface area contributed by atoms with Gasteiger partial charge in [0.1, 0.15) is 34.7 Å². The summed E-state index contributed by atoms with van der Waals surface area (Å²) in [6, 6.07) is 66.0. The van der Waals surface area contributed by atoms with Crippen LogP contribution in [0.4, 0.5) is 0 Å². The van der Waals surface area contributed by atoms with E-state index in [1.807, 2.05) is 18.2 Å². The van der Waals surface area contributed by atoms with Gasteiger partial charge in [-0.15, -0.1) is 0 Å². The molecule has 268 valence electrons. The fourth-order valence-electron chi connectivity index (χ4n) is 9.31. The van der Waals surface area contributed by atoms with Gasteiger partial charge in [-0.3, -0.25) is 0 Å². The number of hydrogen-bond acceptors (Lipinski definition) is 5. The van der Waals surface area contributed by atoms with E-state index in [0.29, 0.717) is 5.84 Å². The van der Waals surface area contributed by atoms with Crippen LogP contribution in [-0.4, -0.2) is 11.7 Å². The van der Waals surface area contributed by atoms with Crippen molar-refractivity contribution in [3.05, 3.63) is 227 Å². The summed E-state index contributed by atoms with van der Waals surface area (Å²) >= 11 is 0. The van der Waals surface area contributed by atoms with Crippen LogP contribution in [0.3, 0.4) is 0 Å². The first-order valence-corrected chi connectivity index (χ1v) is 19.3. The van der Waals surface area contributed by atoms with Crippen molar-refractivity contribution in [2.75, 3.05) is 0 Å². The Balaban J connectivity index is 1.00. The van der Waals surface area contributed by atoms with Crippen LogP contribution >= 0.6 is 0 Å². The first-order valence-electron chi connectivity index (χ1n) is 19.3. The highest BCUT2D eigenvalue weighted by molar-refractivity contribution is 6.14.